The number of rotatable bonds is 4. The predicted molar refractivity (Wildman–Crippen MR) is 136 cm³/mol. The molecule has 0 amide bonds. The molecule has 3 saturated heterocycles. The molecule has 0 unspecified atom stereocenters. The van der Waals surface area contributed by atoms with Crippen molar-refractivity contribution in [1.29, 1.82) is 0 Å². The van der Waals surface area contributed by atoms with Gasteiger partial charge in [-0.2, -0.15) is 0 Å². The zero-order valence-corrected chi connectivity index (χ0v) is 24.2. The molecule has 8 heteroatoms. The van der Waals surface area contributed by atoms with E-state index in [0.29, 0.717) is 38.5 Å². The Labute approximate surface area is 222 Å². The molecule has 0 bridgehead atoms. The van der Waals surface area contributed by atoms with Gasteiger partial charge in [-0.25, -0.2) is 0 Å². The Balaban J connectivity index is 2.01. The van der Waals surface area contributed by atoms with E-state index in [0.717, 1.165) is 19.3 Å². The summed E-state index contributed by atoms with van der Waals surface area (Å²) < 4.78 is 13.4. The van der Waals surface area contributed by atoms with Crippen LogP contribution in [0.1, 0.15) is 113 Å². The molecule has 0 aromatic rings. The van der Waals surface area contributed by atoms with Crippen LogP contribution in [0, 0.1) is 17.3 Å². The lowest BCUT2D eigenvalue weighted by atomic mass is 9.50. The number of carbonyl (C=O) groups is 2. The minimum absolute atomic E-state index is 0.359. The van der Waals surface area contributed by atoms with Crippen molar-refractivity contribution in [2.45, 2.75) is 147 Å². The quantitative estimate of drug-likeness (QED) is 0.540. The van der Waals surface area contributed by atoms with Gasteiger partial charge in [-0.1, -0.05) is 6.42 Å². The van der Waals surface area contributed by atoms with Gasteiger partial charge >= 0.3 is 0 Å². The standard InChI is InChI=1S/C29H50N2O6/c1-23(2)14-19(15-24(3,4)30-23)29(20-16-25(5,6)31-26(7,8)17-20)28(21(32)33,22(34)35)18-36-27(37-29)12-10-9-11-13-27/h19-20,30-31H,9-18H2,1-8H3,(H,32,33)(H,34,35)/p-2. The Bertz CT molecular complexity index is 833. The number of carboxylic acid groups (broad SMARTS) is 2. The predicted octanol–water partition coefficient (Wildman–Crippen LogP) is 2.03. The van der Waals surface area contributed by atoms with Crippen LogP contribution in [0.5, 0.6) is 0 Å². The van der Waals surface area contributed by atoms with Gasteiger partial charge in [0.25, 0.3) is 0 Å². The smallest absolute Gasteiger partial charge is 0.169 e. The van der Waals surface area contributed by atoms with Gasteiger partial charge in [0.1, 0.15) is 5.41 Å². The van der Waals surface area contributed by atoms with Crippen molar-refractivity contribution >= 4 is 11.9 Å². The third-order valence-electron chi connectivity index (χ3n) is 9.48. The van der Waals surface area contributed by atoms with E-state index in [-0.39, 0.29) is 34.0 Å². The number of carbonyl (C=O) groups excluding carboxylic acids is 2. The molecule has 1 saturated carbocycles. The first-order chi connectivity index (χ1) is 16.8. The first kappa shape index (κ1) is 28.8. The molecule has 8 nitrogen and oxygen atoms in total. The summed E-state index contributed by atoms with van der Waals surface area (Å²) in [4.78, 5) is 26.4. The molecule has 4 fully saturated rings. The molecule has 37 heavy (non-hydrogen) atoms. The molecule has 2 N–H and O–H groups in total. The van der Waals surface area contributed by atoms with E-state index in [4.69, 9.17) is 9.47 Å². The second kappa shape index (κ2) is 8.90. The van der Waals surface area contributed by atoms with Crippen LogP contribution in [0.3, 0.4) is 0 Å². The fourth-order valence-corrected chi connectivity index (χ4v) is 9.08. The summed E-state index contributed by atoms with van der Waals surface area (Å²) in [5.41, 5.74) is -5.43. The second-order valence-corrected chi connectivity index (χ2v) is 15.1. The van der Waals surface area contributed by atoms with Gasteiger partial charge in [-0.3, -0.25) is 0 Å². The van der Waals surface area contributed by atoms with Gasteiger partial charge in [-0.15, -0.1) is 0 Å². The van der Waals surface area contributed by atoms with Gasteiger partial charge in [-0.05, 0) is 106 Å². The van der Waals surface area contributed by atoms with Gasteiger partial charge in [0.05, 0.1) is 24.1 Å². The average molecular weight is 521 g/mol. The van der Waals surface area contributed by atoms with Crippen LogP contribution in [0.15, 0.2) is 0 Å². The van der Waals surface area contributed by atoms with Crippen molar-refractivity contribution in [1.82, 2.24) is 10.6 Å². The average Bonchev–Trinajstić information content (AvgIpc) is 2.69. The van der Waals surface area contributed by atoms with Crippen LogP contribution in [-0.2, 0) is 19.1 Å². The topological polar surface area (TPSA) is 123 Å². The van der Waals surface area contributed by atoms with E-state index in [9.17, 15) is 19.8 Å². The van der Waals surface area contributed by atoms with Gasteiger partial charge < -0.3 is 39.9 Å². The molecule has 3 heterocycles. The van der Waals surface area contributed by atoms with Crippen LogP contribution in [-0.4, -0.2) is 52.1 Å². The maximum atomic E-state index is 13.2. The van der Waals surface area contributed by atoms with E-state index < -0.39 is 35.3 Å². The Hall–Kier alpha value is -1.22. The molecule has 3 aliphatic heterocycles. The highest BCUT2D eigenvalue weighted by atomic mass is 16.7. The zero-order chi connectivity index (χ0) is 27.7. The fourth-order valence-electron chi connectivity index (χ4n) is 9.08. The van der Waals surface area contributed by atoms with E-state index in [2.05, 4.69) is 66.0 Å². The van der Waals surface area contributed by atoms with E-state index in [1.807, 2.05) is 0 Å². The normalized spacial score (nSPS) is 32.0. The summed E-state index contributed by atoms with van der Waals surface area (Å²) in [5, 5.41) is 33.8. The molecular weight excluding hydrogens is 472 g/mol. The second-order valence-electron chi connectivity index (χ2n) is 15.1. The molecule has 0 atom stereocenters. The minimum Gasteiger partial charge on any atom is -0.549 e. The first-order valence-corrected chi connectivity index (χ1v) is 14.2. The molecule has 1 spiro atoms. The maximum absolute atomic E-state index is 13.2. The maximum Gasteiger partial charge on any atom is 0.169 e. The first-order valence-electron chi connectivity index (χ1n) is 14.2. The van der Waals surface area contributed by atoms with Crippen LogP contribution in [0.2, 0.25) is 0 Å². The van der Waals surface area contributed by atoms with Crippen molar-refractivity contribution in [3.8, 4) is 0 Å². The van der Waals surface area contributed by atoms with E-state index in [1.54, 1.807) is 0 Å². The summed E-state index contributed by atoms with van der Waals surface area (Å²) >= 11 is 0. The van der Waals surface area contributed by atoms with Crippen molar-refractivity contribution in [2.75, 3.05) is 6.61 Å². The molecule has 4 aliphatic rings. The zero-order valence-electron chi connectivity index (χ0n) is 24.2. The van der Waals surface area contributed by atoms with Gasteiger partial charge in [0, 0.05) is 35.0 Å². The number of ether oxygens (including phenoxy) is 2. The van der Waals surface area contributed by atoms with Gasteiger partial charge in [0.15, 0.2) is 5.79 Å². The third-order valence-corrected chi connectivity index (χ3v) is 9.48. The molecule has 1 aliphatic carbocycles. The van der Waals surface area contributed by atoms with E-state index in [1.165, 1.54) is 0 Å². The van der Waals surface area contributed by atoms with Gasteiger partial charge in [0.2, 0.25) is 0 Å². The van der Waals surface area contributed by atoms with E-state index >= 15 is 0 Å². The Kier molecular flexibility index (Phi) is 6.92. The van der Waals surface area contributed by atoms with Crippen molar-refractivity contribution in [3.05, 3.63) is 0 Å². The van der Waals surface area contributed by atoms with Crippen molar-refractivity contribution < 1.29 is 29.3 Å². The molecule has 0 radical (unpaired) electrons. The highest BCUT2D eigenvalue weighted by Crippen LogP contribution is 2.61. The SMILES string of the molecule is CC1(C)CC(C2(C3CC(C)(C)NC(C)(C)C3)OC3(CCCCC3)OCC2(C(=O)[O-])C(=O)[O-])CC(C)(C)N1. The monoisotopic (exact) mass is 520 g/mol. The summed E-state index contributed by atoms with van der Waals surface area (Å²) in [7, 11) is 0. The lowest BCUT2D eigenvalue weighted by Gasteiger charge is -2.68. The van der Waals surface area contributed by atoms with Crippen molar-refractivity contribution in [2.24, 2.45) is 17.3 Å². The van der Waals surface area contributed by atoms with Crippen LogP contribution >= 0.6 is 0 Å². The summed E-state index contributed by atoms with van der Waals surface area (Å²) in [6, 6.07) is 0. The Morgan fingerprint density at radius 3 is 1.41 bits per heavy atom. The fraction of sp³-hybridized carbons (Fsp3) is 0.931. The molecular formula is C29H48N2O6-2. The largest absolute Gasteiger partial charge is 0.549 e. The van der Waals surface area contributed by atoms with Crippen LogP contribution < -0.4 is 20.8 Å². The highest BCUT2D eigenvalue weighted by Gasteiger charge is 2.70. The van der Waals surface area contributed by atoms with Crippen molar-refractivity contribution in [3.63, 3.8) is 0 Å². The molecule has 4 rings (SSSR count). The molecule has 0 aromatic heterocycles. The number of aliphatic carboxylic acids is 2. The number of hydrogen-bond acceptors (Lipinski definition) is 8. The minimum atomic E-state index is -2.43. The van der Waals surface area contributed by atoms with Crippen LogP contribution in [0.25, 0.3) is 0 Å². The number of piperidine rings is 2. The summed E-state index contributed by atoms with van der Waals surface area (Å²) in [6.45, 7) is 16.3. The van der Waals surface area contributed by atoms with Crippen LogP contribution in [0.4, 0.5) is 0 Å². The molecule has 0 aromatic carbocycles. The Morgan fingerprint density at radius 1 is 0.676 bits per heavy atom. The summed E-state index contributed by atoms with van der Waals surface area (Å²) in [6.07, 6.45) is 6.37. The lowest BCUT2D eigenvalue weighted by molar-refractivity contribution is -0.433. The third kappa shape index (κ3) is 4.96. The lowest BCUT2D eigenvalue weighted by Crippen LogP contribution is -2.81. The number of hydrogen-bond donors (Lipinski definition) is 2. The summed E-state index contributed by atoms with van der Waals surface area (Å²) in [5.74, 6) is -5.06. The number of nitrogens with one attached hydrogen (secondary N) is 2. The highest BCUT2D eigenvalue weighted by molar-refractivity contribution is 5.98. The Morgan fingerprint density at radius 2 is 1.05 bits per heavy atom. The number of carboxylic acids is 2. The molecule has 212 valence electrons.